The lowest BCUT2D eigenvalue weighted by Gasteiger charge is -2.16. The number of aromatic amines is 2. The average molecular weight is 365 g/mol. The first kappa shape index (κ1) is 17.3. The van der Waals surface area contributed by atoms with E-state index in [0.29, 0.717) is 29.1 Å². The number of quaternary nitrogens is 1. The van der Waals surface area contributed by atoms with Crippen molar-refractivity contribution in [1.82, 2.24) is 4.98 Å². The van der Waals surface area contributed by atoms with E-state index in [1.165, 1.54) is 4.90 Å². The third-order valence-electron chi connectivity index (χ3n) is 5.12. The number of imidazole rings is 1. The van der Waals surface area contributed by atoms with Crippen LogP contribution < -0.4 is 15.5 Å². The largest absolute Gasteiger partial charge is 0.507 e. The highest BCUT2D eigenvalue weighted by Crippen LogP contribution is 2.27. The molecule has 0 saturated heterocycles. The van der Waals surface area contributed by atoms with Gasteiger partial charge in [-0.3, -0.25) is 0 Å². The molecule has 4 N–H and O–H groups in total. The van der Waals surface area contributed by atoms with E-state index in [-0.39, 0.29) is 5.75 Å². The minimum atomic E-state index is -0.438. The Hall–Kier alpha value is -3.12. The van der Waals surface area contributed by atoms with Crippen LogP contribution in [0.5, 0.6) is 5.75 Å². The van der Waals surface area contributed by atoms with Crippen LogP contribution in [0.15, 0.2) is 51.7 Å². The van der Waals surface area contributed by atoms with E-state index in [2.05, 4.69) is 23.8 Å². The number of H-pyrrole nitrogens is 2. The summed E-state index contributed by atoms with van der Waals surface area (Å²) in [6.45, 7) is 6.66. The second kappa shape index (κ2) is 6.89. The number of benzene rings is 2. The fourth-order valence-electron chi connectivity index (χ4n) is 3.46. The number of hydrogen-bond donors (Lipinski definition) is 3. The number of phenols is 1. The van der Waals surface area contributed by atoms with Crippen molar-refractivity contribution in [2.24, 2.45) is 0 Å². The molecule has 2 aromatic heterocycles. The van der Waals surface area contributed by atoms with Crippen LogP contribution in [0.25, 0.3) is 33.4 Å². The number of aromatic hydroxyl groups is 1. The molecule has 0 aliphatic heterocycles. The predicted octanol–water partition coefficient (Wildman–Crippen LogP) is 1.89. The molecule has 4 aromatic rings. The second-order valence-corrected chi connectivity index (χ2v) is 6.73. The number of aromatic nitrogens is 2. The van der Waals surface area contributed by atoms with Gasteiger partial charge in [0.2, 0.25) is 0 Å². The molecule has 0 spiro atoms. The van der Waals surface area contributed by atoms with E-state index < -0.39 is 5.63 Å². The molecule has 6 heteroatoms. The number of nitrogens with one attached hydrogen (secondary N) is 3. The molecular formula is C21H23N3O3+2. The van der Waals surface area contributed by atoms with Crippen molar-refractivity contribution in [2.75, 3.05) is 13.1 Å². The smallest absolute Gasteiger partial charge is 0.352 e. The summed E-state index contributed by atoms with van der Waals surface area (Å²) < 4.78 is 5.68. The summed E-state index contributed by atoms with van der Waals surface area (Å²) in [5.74, 6) is 0.769. The van der Waals surface area contributed by atoms with Crippen LogP contribution in [-0.4, -0.2) is 23.2 Å². The Kier molecular flexibility index (Phi) is 4.41. The van der Waals surface area contributed by atoms with Gasteiger partial charge in [0, 0.05) is 5.39 Å². The molecule has 0 aliphatic carbocycles. The molecule has 2 aromatic carbocycles. The van der Waals surface area contributed by atoms with Crippen molar-refractivity contribution >= 4 is 22.0 Å². The summed E-state index contributed by atoms with van der Waals surface area (Å²) in [7, 11) is 0. The van der Waals surface area contributed by atoms with Crippen LogP contribution in [-0.2, 0) is 6.54 Å². The Bertz CT molecular complexity index is 1140. The molecule has 0 aliphatic rings. The van der Waals surface area contributed by atoms with Crippen molar-refractivity contribution in [2.45, 2.75) is 20.4 Å². The van der Waals surface area contributed by atoms with Gasteiger partial charge in [0.05, 0.1) is 18.7 Å². The first-order valence-corrected chi connectivity index (χ1v) is 9.23. The molecule has 138 valence electrons. The van der Waals surface area contributed by atoms with E-state index in [9.17, 15) is 9.90 Å². The van der Waals surface area contributed by atoms with Gasteiger partial charge in [0.25, 0.3) is 5.82 Å². The topological polar surface area (TPSA) is 84.8 Å². The number of phenolic OH excluding ortho intramolecular Hbond substituents is 1. The molecule has 6 nitrogen and oxygen atoms in total. The average Bonchev–Trinajstić information content (AvgIpc) is 3.11. The van der Waals surface area contributed by atoms with E-state index in [4.69, 9.17) is 4.42 Å². The molecular weight excluding hydrogens is 342 g/mol. The number of hydrogen-bond acceptors (Lipinski definition) is 3. The van der Waals surface area contributed by atoms with Crippen molar-refractivity contribution in [3.8, 4) is 17.1 Å². The fourth-order valence-corrected chi connectivity index (χ4v) is 3.46. The van der Waals surface area contributed by atoms with Gasteiger partial charge in [0.15, 0.2) is 16.6 Å². The molecule has 0 unspecified atom stereocenters. The maximum atomic E-state index is 12.7. The van der Waals surface area contributed by atoms with Gasteiger partial charge >= 0.3 is 5.63 Å². The van der Waals surface area contributed by atoms with Gasteiger partial charge in [-0.05, 0) is 44.2 Å². The number of fused-ring (bicyclic) bond motifs is 2. The molecule has 0 radical (unpaired) electrons. The van der Waals surface area contributed by atoms with Gasteiger partial charge in [-0.2, -0.15) is 0 Å². The molecule has 0 saturated carbocycles. The van der Waals surface area contributed by atoms with Gasteiger partial charge < -0.3 is 14.4 Å². The van der Waals surface area contributed by atoms with Gasteiger partial charge in [0.1, 0.15) is 17.9 Å². The van der Waals surface area contributed by atoms with E-state index >= 15 is 0 Å². The van der Waals surface area contributed by atoms with Crippen LogP contribution >= 0.6 is 0 Å². The zero-order chi connectivity index (χ0) is 19.0. The summed E-state index contributed by atoms with van der Waals surface area (Å²) in [6, 6.07) is 13.0. The Labute approximate surface area is 156 Å². The number of rotatable bonds is 5. The van der Waals surface area contributed by atoms with Crippen molar-refractivity contribution < 1.29 is 19.4 Å². The van der Waals surface area contributed by atoms with Crippen LogP contribution in [0, 0.1) is 0 Å². The molecule has 27 heavy (non-hydrogen) atoms. The van der Waals surface area contributed by atoms with Crippen LogP contribution in [0.1, 0.15) is 19.4 Å². The highest BCUT2D eigenvalue weighted by Gasteiger charge is 2.21. The lowest BCUT2D eigenvalue weighted by atomic mass is 10.1. The molecule has 4 rings (SSSR count). The Morgan fingerprint density at radius 3 is 2.67 bits per heavy atom. The molecule has 0 amide bonds. The molecule has 0 atom stereocenters. The quantitative estimate of drug-likeness (QED) is 0.472. The highest BCUT2D eigenvalue weighted by atomic mass is 16.4. The fraction of sp³-hybridized carbons (Fsp3) is 0.238. The van der Waals surface area contributed by atoms with Crippen LogP contribution in [0.2, 0.25) is 0 Å². The van der Waals surface area contributed by atoms with Gasteiger partial charge in [-0.1, -0.05) is 12.1 Å². The Morgan fingerprint density at radius 1 is 1.15 bits per heavy atom. The first-order valence-electron chi connectivity index (χ1n) is 9.23. The maximum absolute atomic E-state index is 12.7. The van der Waals surface area contributed by atoms with E-state index in [1.54, 1.807) is 12.1 Å². The van der Waals surface area contributed by atoms with Crippen molar-refractivity contribution in [1.29, 1.82) is 0 Å². The Balaban J connectivity index is 1.87. The lowest BCUT2D eigenvalue weighted by molar-refractivity contribution is -0.910. The molecule has 0 fully saturated rings. The second-order valence-electron chi connectivity index (χ2n) is 6.73. The van der Waals surface area contributed by atoms with Crippen LogP contribution in [0.3, 0.4) is 0 Å². The maximum Gasteiger partial charge on any atom is 0.352 e. The molecule has 0 bridgehead atoms. The third-order valence-corrected chi connectivity index (χ3v) is 5.12. The zero-order valence-corrected chi connectivity index (χ0v) is 15.4. The van der Waals surface area contributed by atoms with Crippen molar-refractivity contribution in [3.63, 3.8) is 0 Å². The highest BCUT2D eigenvalue weighted by molar-refractivity contribution is 5.85. The Morgan fingerprint density at radius 2 is 1.93 bits per heavy atom. The summed E-state index contributed by atoms with van der Waals surface area (Å²) >= 11 is 0. The zero-order valence-electron chi connectivity index (χ0n) is 15.4. The summed E-state index contributed by atoms with van der Waals surface area (Å²) in [5, 5.41) is 11.1. The van der Waals surface area contributed by atoms with Gasteiger partial charge in [-0.15, -0.1) is 0 Å². The SMILES string of the molecule is CC[NH+](CC)Cc1c(O)ccc2cc(-c3[nH]c4ccccc4[nH+]3)c(=O)oc12. The summed E-state index contributed by atoms with van der Waals surface area (Å²) in [6.07, 6.45) is 0. The minimum absolute atomic E-state index is 0.162. The lowest BCUT2D eigenvalue weighted by Crippen LogP contribution is -3.10. The van der Waals surface area contributed by atoms with Crippen molar-refractivity contribution in [3.05, 3.63) is 58.4 Å². The van der Waals surface area contributed by atoms with E-state index in [0.717, 1.165) is 29.5 Å². The molecule has 2 heterocycles. The van der Waals surface area contributed by atoms with Gasteiger partial charge in [-0.25, -0.2) is 14.8 Å². The summed E-state index contributed by atoms with van der Waals surface area (Å²) in [4.78, 5) is 20.5. The normalized spacial score (nSPS) is 11.7. The third kappa shape index (κ3) is 3.08. The minimum Gasteiger partial charge on any atom is -0.507 e. The summed E-state index contributed by atoms with van der Waals surface area (Å²) in [5.41, 5.74) is 2.97. The van der Waals surface area contributed by atoms with E-state index in [1.807, 2.05) is 30.3 Å². The standard InChI is InChI=1S/C21H21N3O3/c1-3-24(4-2)12-15-18(25)10-9-13-11-14(21(26)27-19(13)15)20-22-16-7-5-6-8-17(16)23-20/h5-11,25H,3-4,12H2,1-2H3,(H,22,23)/p+2. The number of para-hydroxylation sites is 2. The first-order chi connectivity index (χ1) is 13.1. The monoisotopic (exact) mass is 365 g/mol. The predicted molar refractivity (Wildman–Crippen MR) is 104 cm³/mol. The van der Waals surface area contributed by atoms with Crippen LogP contribution in [0.4, 0.5) is 0 Å².